The lowest BCUT2D eigenvalue weighted by atomic mass is 9.81. The van der Waals surface area contributed by atoms with Crippen LogP contribution in [0.1, 0.15) is 25.3 Å². The summed E-state index contributed by atoms with van der Waals surface area (Å²) in [5.74, 6) is -0.171. The molecule has 0 bridgehead atoms. The zero-order chi connectivity index (χ0) is 14.5. The van der Waals surface area contributed by atoms with Crippen molar-refractivity contribution in [2.24, 2.45) is 22.7 Å². The standard InChI is InChI=1S/C15H21N3O2/c1-10-7-12(8-10)17-15(19)13(14(16)18-20)9-11-5-3-2-4-6-11/h2-6,10,12-13,20H,7-9H2,1H3,(H2,16,18)(H,17,19). The summed E-state index contributed by atoms with van der Waals surface area (Å²) in [5, 5.41) is 14.8. The minimum Gasteiger partial charge on any atom is -0.409 e. The van der Waals surface area contributed by atoms with Gasteiger partial charge in [0, 0.05) is 6.04 Å². The van der Waals surface area contributed by atoms with Crippen LogP contribution in [0, 0.1) is 11.8 Å². The number of rotatable bonds is 5. The minimum atomic E-state index is -0.627. The van der Waals surface area contributed by atoms with E-state index in [2.05, 4.69) is 17.4 Å². The van der Waals surface area contributed by atoms with Crippen molar-refractivity contribution in [1.82, 2.24) is 5.32 Å². The number of oxime groups is 1. The molecule has 0 aromatic heterocycles. The van der Waals surface area contributed by atoms with Gasteiger partial charge in [0.2, 0.25) is 5.91 Å². The Labute approximate surface area is 118 Å². The van der Waals surface area contributed by atoms with E-state index < -0.39 is 5.92 Å². The van der Waals surface area contributed by atoms with E-state index in [9.17, 15) is 4.79 Å². The summed E-state index contributed by atoms with van der Waals surface area (Å²) in [7, 11) is 0. The van der Waals surface area contributed by atoms with E-state index in [0.717, 1.165) is 18.4 Å². The van der Waals surface area contributed by atoms with Gasteiger partial charge in [-0.1, -0.05) is 42.4 Å². The largest absolute Gasteiger partial charge is 0.409 e. The van der Waals surface area contributed by atoms with Gasteiger partial charge in [-0.3, -0.25) is 4.79 Å². The summed E-state index contributed by atoms with van der Waals surface area (Å²) < 4.78 is 0. The van der Waals surface area contributed by atoms with E-state index in [-0.39, 0.29) is 17.8 Å². The number of nitrogens with one attached hydrogen (secondary N) is 1. The summed E-state index contributed by atoms with van der Waals surface area (Å²) in [6, 6.07) is 9.81. The van der Waals surface area contributed by atoms with Crippen LogP contribution in [0.15, 0.2) is 35.5 Å². The van der Waals surface area contributed by atoms with Gasteiger partial charge in [-0.15, -0.1) is 0 Å². The summed E-state index contributed by atoms with van der Waals surface area (Å²) >= 11 is 0. The average Bonchev–Trinajstić information content (AvgIpc) is 2.43. The van der Waals surface area contributed by atoms with Crippen LogP contribution in [0.25, 0.3) is 0 Å². The third kappa shape index (κ3) is 3.50. The Hall–Kier alpha value is -2.04. The van der Waals surface area contributed by atoms with Gasteiger partial charge >= 0.3 is 0 Å². The van der Waals surface area contributed by atoms with Gasteiger partial charge in [0.25, 0.3) is 0 Å². The number of carbonyl (C=O) groups is 1. The molecule has 1 aliphatic carbocycles. The van der Waals surface area contributed by atoms with Gasteiger partial charge in [-0.05, 0) is 30.7 Å². The Morgan fingerprint density at radius 1 is 1.45 bits per heavy atom. The first-order chi connectivity index (χ1) is 9.60. The molecule has 0 heterocycles. The maximum Gasteiger partial charge on any atom is 0.231 e. The molecule has 1 atom stereocenters. The van der Waals surface area contributed by atoms with Crippen molar-refractivity contribution in [2.75, 3.05) is 0 Å². The number of nitrogens with zero attached hydrogens (tertiary/aromatic N) is 1. The second-order valence-electron chi connectivity index (χ2n) is 5.55. The highest BCUT2D eigenvalue weighted by atomic mass is 16.4. The molecule has 108 valence electrons. The van der Waals surface area contributed by atoms with Gasteiger partial charge in [0.05, 0.1) is 0 Å². The first-order valence-electron chi connectivity index (χ1n) is 6.92. The van der Waals surface area contributed by atoms with Crippen LogP contribution in [0.5, 0.6) is 0 Å². The fourth-order valence-corrected chi connectivity index (χ4v) is 2.57. The number of benzene rings is 1. The van der Waals surface area contributed by atoms with Gasteiger partial charge in [0.1, 0.15) is 5.92 Å². The highest BCUT2D eigenvalue weighted by Crippen LogP contribution is 2.26. The Kier molecular flexibility index (Phi) is 4.61. The SMILES string of the molecule is CC1CC(NC(=O)C(Cc2ccccc2)/C(N)=N/O)C1. The number of carbonyl (C=O) groups excluding carboxylic acids is 1. The highest BCUT2D eigenvalue weighted by molar-refractivity contribution is 6.02. The van der Waals surface area contributed by atoms with Gasteiger partial charge in [-0.2, -0.15) is 0 Å². The number of amides is 1. The van der Waals surface area contributed by atoms with Crippen molar-refractivity contribution in [2.45, 2.75) is 32.2 Å². The molecule has 0 saturated heterocycles. The molecule has 0 spiro atoms. The summed E-state index contributed by atoms with van der Waals surface area (Å²) in [4.78, 5) is 12.3. The molecule has 0 aliphatic heterocycles. The molecule has 1 aliphatic rings. The second kappa shape index (κ2) is 6.41. The normalized spacial score (nSPS) is 23.8. The van der Waals surface area contributed by atoms with E-state index in [1.807, 2.05) is 30.3 Å². The lowest BCUT2D eigenvalue weighted by molar-refractivity contribution is -0.124. The lowest BCUT2D eigenvalue weighted by Crippen LogP contribution is -2.48. The fraction of sp³-hybridized carbons (Fsp3) is 0.467. The first-order valence-corrected chi connectivity index (χ1v) is 6.92. The summed E-state index contributed by atoms with van der Waals surface area (Å²) in [5.41, 5.74) is 6.65. The molecule has 4 N–H and O–H groups in total. The molecule has 0 radical (unpaired) electrons. The molecule has 1 fully saturated rings. The smallest absolute Gasteiger partial charge is 0.231 e. The molecular formula is C15H21N3O2. The number of hydrogen-bond donors (Lipinski definition) is 3. The third-order valence-corrected chi connectivity index (χ3v) is 3.79. The summed E-state index contributed by atoms with van der Waals surface area (Å²) in [6.45, 7) is 2.16. The van der Waals surface area contributed by atoms with E-state index in [4.69, 9.17) is 10.9 Å². The van der Waals surface area contributed by atoms with E-state index in [1.54, 1.807) is 0 Å². The Morgan fingerprint density at radius 3 is 2.65 bits per heavy atom. The van der Waals surface area contributed by atoms with Crippen molar-refractivity contribution in [3.05, 3.63) is 35.9 Å². The number of nitrogens with two attached hydrogens (primary N) is 1. The van der Waals surface area contributed by atoms with Gasteiger partial charge in [0.15, 0.2) is 5.84 Å². The highest BCUT2D eigenvalue weighted by Gasteiger charge is 2.31. The molecule has 1 amide bonds. The van der Waals surface area contributed by atoms with E-state index in [0.29, 0.717) is 12.3 Å². The number of hydrogen-bond acceptors (Lipinski definition) is 3. The van der Waals surface area contributed by atoms with E-state index in [1.165, 1.54) is 0 Å². The van der Waals surface area contributed by atoms with Crippen LogP contribution in [0.2, 0.25) is 0 Å². The van der Waals surface area contributed by atoms with Gasteiger partial charge < -0.3 is 16.3 Å². The van der Waals surface area contributed by atoms with Crippen molar-refractivity contribution < 1.29 is 10.0 Å². The van der Waals surface area contributed by atoms with Crippen LogP contribution in [-0.4, -0.2) is 23.0 Å². The molecule has 5 heteroatoms. The second-order valence-corrected chi connectivity index (χ2v) is 5.55. The molecule has 1 aromatic carbocycles. The molecule has 20 heavy (non-hydrogen) atoms. The Morgan fingerprint density at radius 2 is 2.10 bits per heavy atom. The van der Waals surface area contributed by atoms with Gasteiger partial charge in [-0.25, -0.2) is 0 Å². The molecule has 1 aromatic rings. The van der Waals surface area contributed by atoms with Crippen LogP contribution < -0.4 is 11.1 Å². The monoisotopic (exact) mass is 275 g/mol. The average molecular weight is 275 g/mol. The zero-order valence-corrected chi connectivity index (χ0v) is 11.6. The Bertz CT molecular complexity index is 481. The quantitative estimate of drug-likeness (QED) is 0.329. The minimum absolute atomic E-state index is 0.0428. The predicted octanol–water partition coefficient (Wildman–Crippen LogP) is 1.51. The number of amidine groups is 1. The molecular weight excluding hydrogens is 254 g/mol. The molecule has 5 nitrogen and oxygen atoms in total. The van der Waals surface area contributed by atoms with Crippen molar-refractivity contribution in [3.63, 3.8) is 0 Å². The van der Waals surface area contributed by atoms with Crippen LogP contribution in [0.3, 0.4) is 0 Å². The zero-order valence-electron chi connectivity index (χ0n) is 11.6. The summed E-state index contributed by atoms with van der Waals surface area (Å²) in [6.07, 6.45) is 2.44. The third-order valence-electron chi connectivity index (χ3n) is 3.79. The fourth-order valence-electron chi connectivity index (χ4n) is 2.57. The topological polar surface area (TPSA) is 87.7 Å². The van der Waals surface area contributed by atoms with Crippen molar-refractivity contribution in [1.29, 1.82) is 0 Å². The maximum atomic E-state index is 12.3. The van der Waals surface area contributed by atoms with Crippen LogP contribution in [0.4, 0.5) is 0 Å². The van der Waals surface area contributed by atoms with E-state index >= 15 is 0 Å². The Balaban J connectivity index is 2.01. The van der Waals surface area contributed by atoms with Crippen LogP contribution in [-0.2, 0) is 11.2 Å². The van der Waals surface area contributed by atoms with Crippen molar-refractivity contribution in [3.8, 4) is 0 Å². The van der Waals surface area contributed by atoms with Crippen LogP contribution >= 0.6 is 0 Å². The predicted molar refractivity (Wildman–Crippen MR) is 77.4 cm³/mol. The molecule has 1 saturated carbocycles. The van der Waals surface area contributed by atoms with Crippen molar-refractivity contribution >= 4 is 11.7 Å². The molecule has 1 unspecified atom stereocenters. The molecule has 2 rings (SSSR count). The lowest BCUT2D eigenvalue weighted by Gasteiger charge is -2.34. The maximum absolute atomic E-state index is 12.3. The first kappa shape index (κ1) is 14.4.